The lowest BCUT2D eigenvalue weighted by atomic mass is 10.0. The molecule has 0 aliphatic carbocycles. The minimum absolute atomic E-state index is 0.652. The molecule has 1 heteroatoms. The maximum absolute atomic E-state index is 2.62. The van der Waals surface area contributed by atoms with Crippen molar-refractivity contribution in [1.82, 2.24) is 4.90 Å². The van der Waals surface area contributed by atoms with E-state index < -0.39 is 0 Å². The molecule has 1 aliphatic rings. The van der Waals surface area contributed by atoms with Gasteiger partial charge in [0.15, 0.2) is 0 Å². The van der Waals surface area contributed by atoms with Gasteiger partial charge in [0.25, 0.3) is 0 Å². The second-order valence-corrected chi connectivity index (χ2v) is 4.78. The SMILES string of the molecule is CCC.CCC(c1ccccc1)N1CCCC1. The van der Waals surface area contributed by atoms with Crippen molar-refractivity contribution in [1.29, 1.82) is 0 Å². The van der Waals surface area contributed by atoms with Gasteiger partial charge in [-0.2, -0.15) is 0 Å². The molecule has 1 atom stereocenters. The maximum Gasteiger partial charge on any atom is 0.0345 e. The molecule has 1 aliphatic heterocycles. The predicted octanol–water partition coefficient (Wildman–Crippen LogP) is 4.65. The molecule has 0 radical (unpaired) electrons. The van der Waals surface area contributed by atoms with Gasteiger partial charge in [-0.3, -0.25) is 4.90 Å². The summed E-state index contributed by atoms with van der Waals surface area (Å²) < 4.78 is 0. The van der Waals surface area contributed by atoms with Gasteiger partial charge in [-0.1, -0.05) is 57.5 Å². The molecule has 1 aromatic carbocycles. The van der Waals surface area contributed by atoms with Gasteiger partial charge < -0.3 is 0 Å². The molecule has 1 fully saturated rings. The number of nitrogens with zero attached hydrogens (tertiary/aromatic N) is 1. The van der Waals surface area contributed by atoms with Gasteiger partial charge in [0.1, 0.15) is 0 Å². The topological polar surface area (TPSA) is 3.24 Å². The first-order valence-electron chi connectivity index (χ1n) is 7.12. The third kappa shape index (κ3) is 4.51. The Hall–Kier alpha value is -0.820. The summed E-state index contributed by atoms with van der Waals surface area (Å²) in [5, 5.41) is 0. The summed E-state index contributed by atoms with van der Waals surface area (Å²) in [5.41, 5.74) is 1.48. The quantitative estimate of drug-likeness (QED) is 0.734. The second kappa shape index (κ2) is 8.30. The fourth-order valence-corrected chi connectivity index (χ4v) is 2.43. The Labute approximate surface area is 107 Å². The van der Waals surface area contributed by atoms with Gasteiger partial charge >= 0.3 is 0 Å². The lowest BCUT2D eigenvalue weighted by Gasteiger charge is -2.26. The standard InChI is InChI=1S/C13H19N.C3H8/c1-2-13(14-10-6-7-11-14)12-8-4-3-5-9-12;1-3-2/h3-5,8-9,13H,2,6-7,10-11H2,1H3;3H2,1-2H3. The van der Waals surface area contributed by atoms with Crippen LogP contribution >= 0.6 is 0 Å². The fourth-order valence-electron chi connectivity index (χ4n) is 2.43. The van der Waals surface area contributed by atoms with E-state index in [1.807, 2.05) is 0 Å². The van der Waals surface area contributed by atoms with Crippen LogP contribution in [-0.2, 0) is 0 Å². The molecule has 1 unspecified atom stereocenters. The van der Waals surface area contributed by atoms with E-state index in [0.717, 1.165) is 0 Å². The minimum atomic E-state index is 0.652. The van der Waals surface area contributed by atoms with E-state index in [0.29, 0.717) is 6.04 Å². The molecule has 0 N–H and O–H groups in total. The minimum Gasteiger partial charge on any atom is -0.296 e. The van der Waals surface area contributed by atoms with E-state index >= 15 is 0 Å². The Morgan fingerprint density at radius 2 is 1.53 bits per heavy atom. The summed E-state index contributed by atoms with van der Waals surface area (Å²) in [4.78, 5) is 2.62. The van der Waals surface area contributed by atoms with E-state index in [2.05, 4.69) is 56.0 Å². The molecule has 1 aromatic rings. The average molecular weight is 233 g/mol. The van der Waals surface area contributed by atoms with Crippen molar-refractivity contribution in [3.8, 4) is 0 Å². The molecule has 0 amide bonds. The molecule has 1 saturated heterocycles. The monoisotopic (exact) mass is 233 g/mol. The van der Waals surface area contributed by atoms with E-state index in [1.54, 1.807) is 0 Å². The van der Waals surface area contributed by atoms with Crippen molar-refractivity contribution in [2.24, 2.45) is 0 Å². The van der Waals surface area contributed by atoms with Crippen LogP contribution in [0.1, 0.15) is 58.1 Å². The van der Waals surface area contributed by atoms with Gasteiger partial charge in [0, 0.05) is 6.04 Å². The second-order valence-electron chi connectivity index (χ2n) is 4.78. The third-order valence-corrected chi connectivity index (χ3v) is 3.15. The number of rotatable bonds is 3. The van der Waals surface area contributed by atoms with Gasteiger partial charge in [-0.15, -0.1) is 0 Å². The lowest BCUT2D eigenvalue weighted by Crippen LogP contribution is -2.24. The molecule has 17 heavy (non-hydrogen) atoms. The van der Waals surface area contributed by atoms with Crippen LogP contribution in [0.3, 0.4) is 0 Å². The summed E-state index contributed by atoms with van der Waals surface area (Å²) in [7, 11) is 0. The largest absolute Gasteiger partial charge is 0.296 e. The Balaban J connectivity index is 0.000000437. The Morgan fingerprint density at radius 1 is 1.00 bits per heavy atom. The molecule has 1 heterocycles. The van der Waals surface area contributed by atoms with Crippen LogP contribution in [0.4, 0.5) is 0 Å². The molecule has 0 aromatic heterocycles. The smallest absolute Gasteiger partial charge is 0.0345 e. The highest BCUT2D eigenvalue weighted by atomic mass is 15.2. The zero-order valence-corrected chi connectivity index (χ0v) is 11.7. The van der Waals surface area contributed by atoms with Crippen LogP contribution < -0.4 is 0 Å². The first kappa shape index (κ1) is 14.2. The number of hydrogen-bond donors (Lipinski definition) is 0. The maximum atomic E-state index is 2.62. The zero-order valence-electron chi connectivity index (χ0n) is 11.7. The predicted molar refractivity (Wildman–Crippen MR) is 76.2 cm³/mol. The lowest BCUT2D eigenvalue weighted by molar-refractivity contribution is 0.239. The summed E-state index contributed by atoms with van der Waals surface area (Å²) in [5.74, 6) is 0. The van der Waals surface area contributed by atoms with E-state index in [9.17, 15) is 0 Å². The highest BCUT2D eigenvalue weighted by Crippen LogP contribution is 2.27. The zero-order chi connectivity index (χ0) is 12.5. The van der Waals surface area contributed by atoms with Crippen molar-refractivity contribution in [2.45, 2.75) is 52.5 Å². The molecule has 0 spiro atoms. The van der Waals surface area contributed by atoms with Gasteiger partial charge in [-0.25, -0.2) is 0 Å². The van der Waals surface area contributed by atoms with Crippen LogP contribution in [0.15, 0.2) is 30.3 Å². The summed E-state index contributed by atoms with van der Waals surface area (Å²) in [6.07, 6.45) is 5.23. The summed E-state index contributed by atoms with van der Waals surface area (Å²) in [6.45, 7) is 9.11. The first-order chi connectivity index (χ1) is 8.33. The normalized spacial score (nSPS) is 17.4. The molecule has 96 valence electrons. The van der Waals surface area contributed by atoms with E-state index in [1.165, 1.54) is 44.3 Å². The van der Waals surface area contributed by atoms with Gasteiger partial charge in [0.2, 0.25) is 0 Å². The molecule has 1 nitrogen and oxygen atoms in total. The fraction of sp³-hybridized carbons (Fsp3) is 0.625. The van der Waals surface area contributed by atoms with Crippen LogP contribution in [0.5, 0.6) is 0 Å². The van der Waals surface area contributed by atoms with Crippen molar-refractivity contribution >= 4 is 0 Å². The molecular formula is C16H27N. The van der Waals surface area contributed by atoms with Gasteiger partial charge in [0.05, 0.1) is 0 Å². The van der Waals surface area contributed by atoms with Crippen molar-refractivity contribution in [3.05, 3.63) is 35.9 Å². The summed E-state index contributed by atoms with van der Waals surface area (Å²) >= 11 is 0. The van der Waals surface area contributed by atoms with E-state index in [-0.39, 0.29) is 0 Å². The van der Waals surface area contributed by atoms with Gasteiger partial charge in [-0.05, 0) is 37.9 Å². The van der Waals surface area contributed by atoms with Crippen molar-refractivity contribution < 1.29 is 0 Å². The van der Waals surface area contributed by atoms with Crippen molar-refractivity contribution in [2.75, 3.05) is 13.1 Å². The molecule has 0 bridgehead atoms. The van der Waals surface area contributed by atoms with Crippen molar-refractivity contribution in [3.63, 3.8) is 0 Å². The summed E-state index contributed by atoms with van der Waals surface area (Å²) in [6, 6.07) is 11.6. The highest BCUT2D eigenvalue weighted by molar-refractivity contribution is 5.19. The molecule has 0 saturated carbocycles. The Kier molecular flexibility index (Phi) is 6.95. The molecule has 2 rings (SSSR count). The highest BCUT2D eigenvalue weighted by Gasteiger charge is 2.21. The Bertz CT molecular complexity index is 275. The number of hydrogen-bond acceptors (Lipinski definition) is 1. The van der Waals surface area contributed by atoms with Crippen LogP contribution in [0, 0.1) is 0 Å². The number of likely N-dealkylation sites (tertiary alicyclic amines) is 1. The third-order valence-electron chi connectivity index (χ3n) is 3.15. The molecular weight excluding hydrogens is 206 g/mol. The van der Waals surface area contributed by atoms with E-state index in [4.69, 9.17) is 0 Å². The number of benzene rings is 1. The van der Waals surface area contributed by atoms with Crippen LogP contribution in [-0.4, -0.2) is 18.0 Å². The van der Waals surface area contributed by atoms with Crippen LogP contribution in [0.25, 0.3) is 0 Å². The van der Waals surface area contributed by atoms with Crippen LogP contribution in [0.2, 0.25) is 0 Å². The average Bonchev–Trinajstić information content (AvgIpc) is 2.86. The Morgan fingerprint density at radius 3 is 2.00 bits per heavy atom. The first-order valence-corrected chi connectivity index (χ1v) is 7.12.